The van der Waals surface area contributed by atoms with Crippen LogP contribution < -0.4 is 20.5 Å². The second kappa shape index (κ2) is 7.51. The molecule has 0 bridgehead atoms. The van der Waals surface area contributed by atoms with E-state index in [0.29, 0.717) is 16.5 Å². The first-order valence-corrected chi connectivity index (χ1v) is 7.04. The average molecular weight is 335 g/mol. The number of benzene rings is 2. The summed E-state index contributed by atoms with van der Waals surface area (Å²) in [5.41, 5.74) is 6.02. The fraction of sp³-hybridized carbons (Fsp3) is 0.125. The fourth-order valence-electron chi connectivity index (χ4n) is 1.89. The number of methoxy groups -OCH3 is 1. The van der Waals surface area contributed by atoms with E-state index >= 15 is 0 Å². The van der Waals surface area contributed by atoms with Crippen LogP contribution in [0.2, 0.25) is 5.02 Å². The molecule has 3 N–H and O–H groups in total. The summed E-state index contributed by atoms with van der Waals surface area (Å²) in [5.74, 6) is -0.611. The minimum absolute atomic E-state index is 0.133. The Kier molecular flexibility index (Phi) is 5.43. The van der Waals surface area contributed by atoms with Crippen molar-refractivity contribution in [2.45, 2.75) is 0 Å². The molecule has 0 spiro atoms. The summed E-state index contributed by atoms with van der Waals surface area (Å²) < 4.78 is 10.5. The van der Waals surface area contributed by atoms with Gasteiger partial charge in [0.25, 0.3) is 11.8 Å². The van der Waals surface area contributed by atoms with E-state index in [0.717, 1.165) is 0 Å². The maximum Gasteiger partial charge on any atom is 0.262 e. The number of anilines is 1. The topological polar surface area (TPSA) is 90.7 Å². The van der Waals surface area contributed by atoms with E-state index in [1.54, 1.807) is 36.4 Å². The van der Waals surface area contributed by atoms with E-state index in [1.165, 1.54) is 13.2 Å². The zero-order valence-electron chi connectivity index (χ0n) is 12.3. The molecule has 0 aromatic heterocycles. The molecule has 23 heavy (non-hydrogen) atoms. The molecule has 0 unspecified atom stereocenters. The Hall–Kier alpha value is -2.73. The molecule has 0 heterocycles. The first-order chi connectivity index (χ1) is 11.0. The second-order valence-corrected chi connectivity index (χ2v) is 4.98. The molecule has 6 nitrogen and oxygen atoms in total. The van der Waals surface area contributed by atoms with Gasteiger partial charge in [-0.05, 0) is 36.4 Å². The van der Waals surface area contributed by atoms with E-state index in [1.807, 2.05) is 0 Å². The minimum atomic E-state index is -0.669. The fourth-order valence-corrected chi connectivity index (χ4v) is 2.01. The van der Waals surface area contributed by atoms with Gasteiger partial charge in [0.15, 0.2) is 18.1 Å². The van der Waals surface area contributed by atoms with Crippen LogP contribution in [-0.4, -0.2) is 25.5 Å². The normalized spacial score (nSPS) is 10.0. The van der Waals surface area contributed by atoms with Gasteiger partial charge in [0, 0.05) is 10.7 Å². The van der Waals surface area contributed by atoms with Crippen molar-refractivity contribution >= 4 is 29.1 Å². The molecule has 0 saturated carbocycles. The lowest BCUT2D eigenvalue weighted by Crippen LogP contribution is -2.22. The third-order valence-electron chi connectivity index (χ3n) is 2.94. The van der Waals surface area contributed by atoms with Crippen LogP contribution in [0.25, 0.3) is 0 Å². The molecule has 7 heteroatoms. The van der Waals surface area contributed by atoms with Crippen molar-refractivity contribution < 1.29 is 19.1 Å². The molecule has 0 atom stereocenters. The van der Waals surface area contributed by atoms with Crippen molar-refractivity contribution in [3.8, 4) is 11.5 Å². The van der Waals surface area contributed by atoms with Crippen LogP contribution in [0.1, 0.15) is 10.4 Å². The summed E-state index contributed by atoms with van der Waals surface area (Å²) in [6, 6.07) is 11.4. The van der Waals surface area contributed by atoms with Crippen LogP contribution in [0.3, 0.4) is 0 Å². The molecule has 2 aromatic carbocycles. The van der Waals surface area contributed by atoms with Crippen LogP contribution in [0, 0.1) is 0 Å². The van der Waals surface area contributed by atoms with Crippen LogP contribution in [0.4, 0.5) is 5.69 Å². The molecule has 0 saturated heterocycles. The van der Waals surface area contributed by atoms with E-state index in [9.17, 15) is 9.59 Å². The van der Waals surface area contributed by atoms with Gasteiger partial charge < -0.3 is 20.5 Å². The van der Waals surface area contributed by atoms with Crippen molar-refractivity contribution in [3.63, 3.8) is 0 Å². The predicted molar refractivity (Wildman–Crippen MR) is 87.1 cm³/mol. The SMILES string of the molecule is COc1cccc(C(N)=O)c1OCC(=O)Nc1ccc(Cl)cc1. The largest absolute Gasteiger partial charge is 0.493 e. The number of nitrogens with two attached hydrogens (primary N) is 1. The van der Waals surface area contributed by atoms with Gasteiger partial charge in [-0.3, -0.25) is 9.59 Å². The Bertz CT molecular complexity index is 717. The van der Waals surface area contributed by atoms with E-state index in [4.69, 9.17) is 26.8 Å². The van der Waals surface area contributed by atoms with Crippen molar-refractivity contribution in [2.75, 3.05) is 19.0 Å². The summed E-state index contributed by atoms with van der Waals surface area (Å²) in [7, 11) is 1.43. The summed E-state index contributed by atoms with van der Waals surface area (Å²) in [4.78, 5) is 23.4. The summed E-state index contributed by atoms with van der Waals surface area (Å²) in [6.45, 7) is -0.302. The van der Waals surface area contributed by atoms with Crippen LogP contribution >= 0.6 is 11.6 Å². The van der Waals surface area contributed by atoms with Gasteiger partial charge in [0.1, 0.15) is 0 Å². The molecule has 2 aromatic rings. The van der Waals surface area contributed by atoms with Crippen molar-refractivity contribution in [2.24, 2.45) is 5.73 Å². The van der Waals surface area contributed by atoms with Crippen LogP contribution in [0.5, 0.6) is 11.5 Å². The Balaban J connectivity index is 2.06. The number of ether oxygens (including phenoxy) is 2. The molecule has 0 fully saturated rings. The van der Waals surface area contributed by atoms with Crippen LogP contribution in [-0.2, 0) is 4.79 Å². The number of amides is 2. The number of halogens is 1. The molecule has 0 radical (unpaired) electrons. The molecule has 0 aliphatic rings. The number of carbonyl (C=O) groups is 2. The third kappa shape index (κ3) is 4.37. The Morgan fingerprint density at radius 3 is 2.48 bits per heavy atom. The molecule has 0 aliphatic carbocycles. The zero-order chi connectivity index (χ0) is 16.8. The molecule has 0 aliphatic heterocycles. The highest BCUT2D eigenvalue weighted by molar-refractivity contribution is 6.30. The molecule has 120 valence electrons. The lowest BCUT2D eigenvalue weighted by molar-refractivity contribution is -0.118. The van der Waals surface area contributed by atoms with Crippen molar-refractivity contribution in [1.82, 2.24) is 0 Å². The highest BCUT2D eigenvalue weighted by atomic mass is 35.5. The Morgan fingerprint density at radius 2 is 1.87 bits per heavy atom. The van der Waals surface area contributed by atoms with Gasteiger partial charge in [-0.1, -0.05) is 17.7 Å². The molecule has 2 amide bonds. The minimum Gasteiger partial charge on any atom is -0.493 e. The van der Waals surface area contributed by atoms with Crippen LogP contribution in [0.15, 0.2) is 42.5 Å². The first kappa shape index (κ1) is 16.6. The molecular formula is C16H15ClN2O4. The number of hydrogen-bond donors (Lipinski definition) is 2. The maximum absolute atomic E-state index is 11.9. The number of para-hydroxylation sites is 1. The summed E-state index contributed by atoms with van der Waals surface area (Å²) in [5, 5.41) is 3.21. The highest BCUT2D eigenvalue weighted by Gasteiger charge is 2.16. The number of carbonyl (C=O) groups excluding carboxylic acids is 2. The molecule has 2 rings (SSSR count). The van der Waals surface area contributed by atoms with Crippen molar-refractivity contribution in [3.05, 3.63) is 53.1 Å². The van der Waals surface area contributed by atoms with Gasteiger partial charge in [-0.25, -0.2) is 0 Å². The zero-order valence-corrected chi connectivity index (χ0v) is 13.1. The van der Waals surface area contributed by atoms with E-state index in [2.05, 4.69) is 5.32 Å². The van der Waals surface area contributed by atoms with E-state index < -0.39 is 11.8 Å². The third-order valence-corrected chi connectivity index (χ3v) is 3.19. The molecular weight excluding hydrogens is 320 g/mol. The number of hydrogen-bond acceptors (Lipinski definition) is 4. The van der Waals surface area contributed by atoms with E-state index in [-0.39, 0.29) is 17.9 Å². The van der Waals surface area contributed by atoms with Crippen molar-refractivity contribution in [1.29, 1.82) is 0 Å². The summed E-state index contributed by atoms with van der Waals surface area (Å²) in [6.07, 6.45) is 0. The van der Waals surface area contributed by atoms with Gasteiger partial charge >= 0.3 is 0 Å². The summed E-state index contributed by atoms with van der Waals surface area (Å²) >= 11 is 5.77. The Morgan fingerprint density at radius 1 is 1.17 bits per heavy atom. The highest BCUT2D eigenvalue weighted by Crippen LogP contribution is 2.30. The standard InChI is InChI=1S/C16H15ClN2O4/c1-22-13-4-2-3-12(16(18)21)15(13)23-9-14(20)19-11-7-5-10(17)6-8-11/h2-8H,9H2,1H3,(H2,18,21)(H,19,20). The lowest BCUT2D eigenvalue weighted by Gasteiger charge is -2.13. The maximum atomic E-state index is 11.9. The smallest absolute Gasteiger partial charge is 0.262 e. The first-order valence-electron chi connectivity index (χ1n) is 6.66. The quantitative estimate of drug-likeness (QED) is 0.849. The predicted octanol–water partition coefficient (Wildman–Crippen LogP) is 2.46. The van der Waals surface area contributed by atoms with Gasteiger partial charge in [0.2, 0.25) is 0 Å². The lowest BCUT2D eigenvalue weighted by atomic mass is 10.2. The monoisotopic (exact) mass is 334 g/mol. The van der Waals surface area contributed by atoms with Gasteiger partial charge in [-0.15, -0.1) is 0 Å². The number of rotatable bonds is 6. The second-order valence-electron chi connectivity index (χ2n) is 4.54. The average Bonchev–Trinajstić information content (AvgIpc) is 2.54. The Labute approximate surface area is 138 Å². The number of nitrogens with one attached hydrogen (secondary N) is 1. The van der Waals surface area contributed by atoms with Gasteiger partial charge in [-0.2, -0.15) is 0 Å². The van der Waals surface area contributed by atoms with Gasteiger partial charge in [0.05, 0.1) is 12.7 Å². The number of primary amides is 1.